The number of hydrogen-bond donors (Lipinski definition) is 1. The summed E-state index contributed by atoms with van der Waals surface area (Å²) in [6, 6.07) is 1.57. The second-order valence-corrected chi connectivity index (χ2v) is 8.23. The van der Waals surface area contributed by atoms with Crippen LogP contribution in [0.25, 0.3) is 0 Å². The van der Waals surface area contributed by atoms with Crippen molar-refractivity contribution < 1.29 is 0 Å². The molecule has 0 saturated heterocycles. The van der Waals surface area contributed by atoms with Crippen LogP contribution in [-0.2, 0) is 0 Å². The molecule has 4 unspecified atom stereocenters. The first kappa shape index (κ1) is 22.8. The maximum absolute atomic E-state index is 3.87. The highest BCUT2D eigenvalue weighted by atomic mass is 15.2. The van der Waals surface area contributed by atoms with Crippen molar-refractivity contribution in [1.82, 2.24) is 24.9 Å². The second-order valence-electron chi connectivity index (χ2n) is 8.23. The maximum Gasteiger partial charge on any atom is 0.0235 e. The van der Waals surface area contributed by atoms with E-state index in [1.165, 1.54) is 0 Å². The summed E-state index contributed by atoms with van der Waals surface area (Å²) >= 11 is 0. The van der Waals surface area contributed by atoms with E-state index in [4.69, 9.17) is 0 Å². The first-order valence-corrected chi connectivity index (χ1v) is 8.93. The molecule has 0 aliphatic carbocycles. The monoisotopic (exact) mass is 329 g/mol. The zero-order valence-electron chi connectivity index (χ0n) is 17.4. The summed E-state index contributed by atoms with van der Waals surface area (Å²) in [4.78, 5) is 9.29. The number of rotatable bonds is 12. The van der Waals surface area contributed by atoms with Gasteiger partial charge in [-0.15, -0.1) is 0 Å². The molecule has 23 heavy (non-hydrogen) atoms. The van der Waals surface area contributed by atoms with E-state index in [2.05, 4.69) is 95.0 Å². The number of likely N-dealkylation sites (N-methyl/N-ethyl adjacent to an activating group) is 3. The Bertz CT molecular complexity index is 293. The average molecular weight is 330 g/mol. The van der Waals surface area contributed by atoms with Crippen molar-refractivity contribution in [3.63, 3.8) is 0 Å². The third-order valence-electron chi connectivity index (χ3n) is 4.34. The van der Waals surface area contributed by atoms with E-state index in [1.54, 1.807) is 0 Å². The summed E-state index contributed by atoms with van der Waals surface area (Å²) in [5.74, 6) is 0.624. The van der Waals surface area contributed by atoms with Crippen LogP contribution >= 0.6 is 0 Å². The first-order chi connectivity index (χ1) is 10.5. The SMILES string of the molecule is CC(CN(C)C(C)CN(C)C)NC(CN(C)C)C(C)CN(C)C. The van der Waals surface area contributed by atoms with Gasteiger partial charge in [0.25, 0.3) is 0 Å². The van der Waals surface area contributed by atoms with E-state index in [0.29, 0.717) is 24.0 Å². The van der Waals surface area contributed by atoms with E-state index in [9.17, 15) is 0 Å². The van der Waals surface area contributed by atoms with Gasteiger partial charge in [0.2, 0.25) is 0 Å². The fourth-order valence-electron chi connectivity index (χ4n) is 3.19. The molecule has 0 aromatic rings. The third-order valence-corrected chi connectivity index (χ3v) is 4.34. The minimum atomic E-state index is 0.485. The van der Waals surface area contributed by atoms with E-state index in [1.807, 2.05) is 0 Å². The molecule has 5 heteroatoms. The van der Waals surface area contributed by atoms with Crippen LogP contribution in [0.2, 0.25) is 0 Å². The van der Waals surface area contributed by atoms with Crippen LogP contribution in [0.15, 0.2) is 0 Å². The Morgan fingerprint density at radius 3 is 1.57 bits per heavy atom. The fraction of sp³-hybridized carbons (Fsp3) is 1.00. The van der Waals surface area contributed by atoms with Gasteiger partial charge in [0.1, 0.15) is 0 Å². The van der Waals surface area contributed by atoms with Gasteiger partial charge in [-0.1, -0.05) is 6.92 Å². The van der Waals surface area contributed by atoms with Gasteiger partial charge in [0.05, 0.1) is 0 Å². The van der Waals surface area contributed by atoms with Crippen molar-refractivity contribution >= 4 is 0 Å². The van der Waals surface area contributed by atoms with Crippen LogP contribution in [0.1, 0.15) is 20.8 Å². The normalized spacial score (nSPS) is 18.0. The summed E-state index contributed by atoms with van der Waals surface area (Å²) in [7, 11) is 15.1. The Labute approximate surface area is 146 Å². The van der Waals surface area contributed by atoms with Gasteiger partial charge in [0, 0.05) is 44.3 Å². The van der Waals surface area contributed by atoms with Crippen LogP contribution in [0.4, 0.5) is 0 Å². The topological polar surface area (TPSA) is 25.0 Å². The molecular weight excluding hydrogens is 286 g/mol. The molecule has 0 spiro atoms. The molecule has 0 aromatic carbocycles. The zero-order chi connectivity index (χ0) is 18.2. The lowest BCUT2D eigenvalue weighted by Gasteiger charge is -2.35. The molecular formula is C18H43N5. The molecule has 0 amide bonds. The van der Waals surface area contributed by atoms with Gasteiger partial charge in [-0.05, 0) is 69.1 Å². The Balaban J connectivity index is 4.54. The van der Waals surface area contributed by atoms with Crippen LogP contribution in [0.5, 0.6) is 0 Å². The Morgan fingerprint density at radius 2 is 1.13 bits per heavy atom. The van der Waals surface area contributed by atoms with Crippen molar-refractivity contribution in [2.75, 3.05) is 75.5 Å². The molecule has 0 aliphatic heterocycles. The Kier molecular flexibility index (Phi) is 11.3. The maximum atomic E-state index is 3.87. The summed E-state index contributed by atoms with van der Waals surface area (Å²) in [6.07, 6.45) is 0. The molecule has 0 heterocycles. The molecule has 0 radical (unpaired) electrons. The molecule has 0 aromatic heterocycles. The van der Waals surface area contributed by atoms with Gasteiger partial charge in [-0.2, -0.15) is 0 Å². The summed E-state index contributed by atoms with van der Waals surface area (Å²) < 4.78 is 0. The highest BCUT2D eigenvalue weighted by Gasteiger charge is 2.22. The largest absolute Gasteiger partial charge is 0.309 e. The standard InChI is InChI=1S/C18H43N5/c1-15(11-20(4)5)18(14-22(8)9)19-16(2)12-23(10)17(3)13-21(6)7/h15-19H,11-14H2,1-10H3. The van der Waals surface area contributed by atoms with E-state index in [0.717, 1.165) is 26.2 Å². The molecule has 0 bridgehead atoms. The first-order valence-electron chi connectivity index (χ1n) is 8.93. The summed E-state index contributed by atoms with van der Waals surface area (Å²) in [5.41, 5.74) is 0. The lowest BCUT2D eigenvalue weighted by atomic mass is 10.00. The van der Waals surface area contributed by atoms with Gasteiger partial charge in [-0.25, -0.2) is 0 Å². The Morgan fingerprint density at radius 1 is 0.652 bits per heavy atom. The van der Waals surface area contributed by atoms with Crippen molar-refractivity contribution in [2.45, 2.75) is 38.9 Å². The highest BCUT2D eigenvalue weighted by molar-refractivity contribution is 4.82. The van der Waals surface area contributed by atoms with E-state index < -0.39 is 0 Å². The highest BCUT2D eigenvalue weighted by Crippen LogP contribution is 2.08. The lowest BCUT2D eigenvalue weighted by molar-refractivity contribution is 0.173. The number of nitrogens with one attached hydrogen (secondary N) is 1. The predicted molar refractivity (Wildman–Crippen MR) is 103 cm³/mol. The van der Waals surface area contributed by atoms with Gasteiger partial charge >= 0.3 is 0 Å². The van der Waals surface area contributed by atoms with Crippen LogP contribution < -0.4 is 5.32 Å². The van der Waals surface area contributed by atoms with Gasteiger partial charge in [-0.3, -0.25) is 0 Å². The van der Waals surface area contributed by atoms with Crippen molar-refractivity contribution in [1.29, 1.82) is 0 Å². The minimum absolute atomic E-state index is 0.485. The minimum Gasteiger partial charge on any atom is -0.309 e. The number of nitrogens with zero attached hydrogens (tertiary/aromatic N) is 4. The molecule has 1 N–H and O–H groups in total. The zero-order valence-corrected chi connectivity index (χ0v) is 17.4. The fourth-order valence-corrected chi connectivity index (χ4v) is 3.19. The predicted octanol–water partition coefficient (Wildman–Crippen LogP) is 0.974. The average Bonchev–Trinajstić information content (AvgIpc) is 2.35. The van der Waals surface area contributed by atoms with Crippen molar-refractivity contribution in [3.8, 4) is 0 Å². The lowest BCUT2D eigenvalue weighted by Crippen LogP contribution is -2.52. The van der Waals surface area contributed by atoms with E-state index in [-0.39, 0.29) is 0 Å². The Hall–Kier alpha value is -0.200. The van der Waals surface area contributed by atoms with Gasteiger partial charge < -0.3 is 24.9 Å². The molecule has 5 nitrogen and oxygen atoms in total. The van der Waals surface area contributed by atoms with Crippen molar-refractivity contribution in [2.24, 2.45) is 5.92 Å². The van der Waals surface area contributed by atoms with Crippen molar-refractivity contribution in [3.05, 3.63) is 0 Å². The summed E-state index contributed by atoms with van der Waals surface area (Å²) in [6.45, 7) is 11.3. The van der Waals surface area contributed by atoms with E-state index >= 15 is 0 Å². The molecule has 140 valence electrons. The molecule has 0 aliphatic rings. The second kappa shape index (κ2) is 11.4. The molecule has 4 atom stereocenters. The molecule has 0 rings (SSSR count). The smallest absolute Gasteiger partial charge is 0.0235 e. The number of hydrogen-bond acceptors (Lipinski definition) is 5. The quantitative estimate of drug-likeness (QED) is 0.575. The third kappa shape index (κ3) is 11.1. The van der Waals surface area contributed by atoms with Crippen LogP contribution in [0.3, 0.4) is 0 Å². The van der Waals surface area contributed by atoms with Crippen LogP contribution in [-0.4, -0.2) is 113 Å². The summed E-state index contributed by atoms with van der Waals surface area (Å²) in [5, 5.41) is 3.87. The van der Waals surface area contributed by atoms with Crippen LogP contribution in [0, 0.1) is 5.92 Å². The molecule has 0 saturated carbocycles. The molecule has 0 fully saturated rings. The van der Waals surface area contributed by atoms with Gasteiger partial charge in [0.15, 0.2) is 0 Å².